The van der Waals surface area contributed by atoms with Gasteiger partial charge < -0.3 is 10.1 Å². The van der Waals surface area contributed by atoms with E-state index in [-0.39, 0.29) is 11.9 Å². The lowest BCUT2D eigenvalue weighted by atomic mass is 9.92. The van der Waals surface area contributed by atoms with Crippen LogP contribution in [0, 0.1) is 11.7 Å². The smallest absolute Gasteiger partial charge is 0.131 e. The largest absolute Gasteiger partial charge is 0.497 e. The summed E-state index contributed by atoms with van der Waals surface area (Å²) in [6.07, 6.45) is 0. The van der Waals surface area contributed by atoms with Crippen LogP contribution in [0.1, 0.15) is 31.0 Å². The van der Waals surface area contributed by atoms with Crippen molar-refractivity contribution in [2.24, 2.45) is 5.92 Å². The van der Waals surface area contributed by atoms with E-state index in [1.807, 2.05) is 6.07 Å². The maximum Gasteiger partial charge on any atom is 0.131 e. The zero-order valence-corrected chi connectivity index (χ0v) is 11.9. The number of hydrogen-bond acceptors (Lipinski definition) is 3. The van der Waals surface area contributed by atoms with Gasteiger partial charge in [-0.3, -0.25) is 0 Å². The van der Waals surface area contributed by atoms with E-state index < -0.39 is 0 Å². The minimum absolute atomic E-state index is 0.145. The molecule has 0 fully saturated rings. The van der Waals surface area contributed by atoms with Crippen LogP contribution in [-0.2, 0) is 5.75 Å². The zero-order chi connectivity index (χ0) is 13.1. The number of rotatable bonds is 3. The number of benzene rings is 1. The Hall–Kier alpha value is -0.740. The van der Waals surface area contributed by atoms with Gasteiger partial charge in [-0.15, -0.1) is 0 Å². The predicted molar refractivity (Wildman–Crippen MR) is 74.7 cm³/mol. The summed E-state index contributed by atoms with van der Waals surface area (Å²) in [4.78, 5) is 0. The van der Waals surface area contributed by atoms with E-state index in [0.717, 1.165) is 29.2 Å². The van der Waals surface area contributed by atoms with Crippen LogP contribution in [-0.4, -0.2) is 19.4 Å². The van der Waals surface area contributed by atoms with Crippen LogP contribution in [0.25, 0.3) is 0 Å². The molecule has 100 valence electrons. The molecule has 18 heavy (non-hydrogen) atoms. The second-order valence-corrected chi connectivity index (χ2v) is 5.74. The number of thioether (sulfide) groups is 1. The highest BCUT2D eigenvalue weighted by molar-refractivity contribution is 7.98. The van der Waals surface area contributed by atoms with E-state index in [4.69, 9.17) is 4.74 Å². The van der Waals surface area contributed by atoms with Gasteiger partial charge in [0.05, 0.1) is 7.11 Å². The summed E-state index contributed by atoms with van der Waals surface area (Å²) in [6, 6.07) is 3.68. The Morgan fingerprint density at radius 1 is 1.50 bits per heavy atom. The Kier molecular flexibility index (Phi) is 4.51. The van der Waals surface area contributed by atoms with Crippen molar-refractivity contribution >= 4 is 11.8 Å². The first kappa shape index (κ1) is 13.7. The fourth-order valence-electron chi connectivity index (χ4n) is 2.46. The van der Waals surface area contributed by atoms with Gasteiger partial charge in [0.2, 0.25) is 0 Å². The second kappa shape index (κ2) is 5.93. The van der Waals surface area contributed by atoms with Gasteiger partial charge in [-0.05, 0) is 29.8 Å². The van der Waals surface area contributed by atoms with Crippen LogP contribution < -0.4 is 10.1 Å². The molecule has 2 unspecified atom stereocenters. The molecule has 0 radical (unpaired) electrons. The maximum atomic E-state index is 14.1. The lowest BCUT2D eigenvalue weighted by molar-refractivity contribution is 0.399. The molecule has 0 saturated carbocycles. The molecule has 1 aliphatic rings. The predicted octanol–water partition coefficient (Wildman–Crippen LogP) is 3.37. The highest BCUT2D eigenvalue weighted by atomic mass is 32.2. The molecule has 0 amide bonds. The number of halogens is 1. The van der Waals surface area contributed by atoms with E-state index >= 15 is 0 Å². The molecule has 1 N–H and O–H groups in total. The standard InChI is InChI=1S/C14H20FNOS/c1-4-16-14-9(2)7-18-8-12-11(14)5-10(17-3)6-13(12)15/h5-6,9,14,16H,4,7-8H2,1-3H3. The summed E-state index contributed by atoms with van der Waals surface area (Å²) >= 11 is 1.80. The SMILES string of the molecule is CCNC1c2cc(OC)cc(F)c2CSCC1C. The third-order valence-corrected chi connectivity index (χ3v) is 4.65. The fraction of sp³-hybridized carbons (Fsp3) is 0.571. The molecule has 1 heterocycles. The Morgan fingerprint density at radius 2 is 2.28 bits per heavy atom. The number of methoxy groups -OCH3 is 1. The van der Waals surface area contributed by atoms with Crippen LogP contribution in [0.5, 0.6) is 5.75 Å². The molecule has 0 saturated heterocycles. The Labute approximate surface area is 112 Å². The molecule has 2 atom stereocenters. The first-order valence-electron chi connectivity index (χ1n) is 6.34. The topological polar surface area (TPSA) is 21.3 Å². The Morgan fingerprint density at radius 3 is 2.94 bits per heavy atom. The molecule has 0 spiro atoms. The van der Waals surface area contributed by atoms with Crippen LogP contribution in [0.2, 0.25) is 0 Å². The molecule has 1 aliphatic heterocycles. The van der Waals surface area contributed by atoms with E-state index in [9.17, 15) is 4.39 Å². The zero-order valence-electron chi connectivity index (χ0n) is 11.1. The highest BCUT2D eigenvalue weighted by Gasteiger charge is 2.27. The first-order chi connectivity index (χ1) is 8.67. The van der Waals surface area contributed by atoms with Crippen LogP contribution in [0.15, 0.2) is 12.1 Å². The monoisotopic (exact) mass is 269 g/mol. The molecule has 1 aromatic carbocycles. The average molecular weight is 269 g/mol. The van der Waals surface area contributed by atoms with Crippen LogP contribution >= 0.6 is 11.8 Å². The third kappa shape index (κ3) is 2.64. The second-order valence-electron chi connectivity index (χ2n) is 4.70. The van der Waals surface area contributed by atoms with Gasteiger partial charge >= 0.3 is 0 Å². The van der Waals surface area contributed by atoms with Gasteiger partial charge in [0, 0.05) is 23.4 Å². The van der Waals surface area contributed by atoms with Gasteiger partial charge in [-0.1, -0.05) is 13.8 Å². The van der Waals surface area contributed by atoms with E-state index in [1.165, 1.54) is 6.07 Å². The summed E-state index contributed by atoms with van der Waals surface area (Å²) in [5.41, 5.74) is 1.89. The molecular formula is C14H20FNOS. The molecule has 2 nitrogen and oxygen atoms in total. The lowest BCUT2D eigenvalue weighted by Crippen LogP contribution is -2.28. The number of ether oxygens (including phenoxy) is 1. The average Bonchev–Trinajstić information content (AvgIpc) is 2.51. The van der Waals surface area contributed by atoms with Gasteiger partial charge in [-0.25, -0.2) is 4.39 Å². The minimum atomic E-state index is -0.145. The van der Waals surface area contributed by atoms with Crippen molar-refractivity contribution in [2.45, 2.75) is 25.6 Å². The molecule has 4 heteroatoms. The van der Waals surface area contributed by atoms with Gasteiger partial charge in [0.1, 0.15) is 11.6 Å². The number of fused-ring (bicyclic) bond motifs is 1. The van der Waals surface area contributed by atoms with Crippen molar-refractivity contribution in [1.82, 2.24) is 5.32 Å². The van der Waals surface area contributed by atoms with Gasteiger partial charge in [-0.2, -0.15) is 11.8 Å². The van der Waals surface area contributed by atoms with Crippen molar-refractivity contribution in [2.75, 3.05) is 19.4 Å². The summed E-state index contributed by atoms with van der Waals surface area (Å²) in [5.74, 6) is 2.75. The maximum absolute atomic E-state index is 14.1. The molecular weight excluding hydrogens is 249 g/mol. The summed E-state index contributed by atoms with van der Waals surface area (Å²) in [7, 11) is 1.58. The van der Waals surface area contributed by atoms with Crippen molar-refractivity contribution in [3.05, 3.63) is 29.1 Å². The fourth-order valence-corrected chi connectivity index (χ4v) is 3.65. The summed E-state index contributed by atoms with van der Waals surface area (Å²) in [6.45, 7) is 5.19. The molecule has 0 aliphatic carbocycles. The summed E-state index contributed by atoms with van der Waals surface area (Å²) in [5, 5.41) is 3.47. The molecule has 0 aromatic heterocycles. The van der Waals surface area contributed by atoms with Crippen LogP contribution in [0.3, 0.4) is 0 Å². The van der Waals surface area contributed by atoms with Gasteiger partial charge in [0.15, 0.2) is 0 Å². The van der Waals surface area contributed by atoms with Crippen LogP contribution in [0.4, 0.5) is 4.39 Å². The normalized spacial score (nSPS) is 23.3. The molecule has 1 aromatic rings. The van der Waals surface area contributed by atoms with Gasteiger partial charge in [0.25, 0.3) is 0 Å². The third-order valence-electron chi connectivity index (χ3n) is 3.39. The quantitative estimate of drug-likeness (QED) is 0.909. The number of nitrogens with one attached hydrogen (secondary N) is 1. The Balaban J connectivity index is 2.48. The van der Waals surface area contributed by atoms with Crippen molar-refractivity contribution in [3.63, 3.8) is 0 Å². The van der Waals surface area contributed by atoms with E-state index in [0.29, 0.717) is 11.7 Å². The minimum Gasteiger partial charge on any atom is -0.497 e. The Bertz CT molecular complexity index is 425. The molecule has 2 rings (SSSR count). The summed E-state index contributed by atoms with van der Waals surface area (Å²) < 4.78 is 19.3. The van der Waals surface area contributed by atoms with Crippen molar-refractivity contribution in [1.29, 1.82) is 0 Å². The van der Waals surface area contributed by atoms with Crippen molar-refractivity contribution in [3.8, 4) is 5.75 Å². The number of hydrogen-bond donors (Lipinski definition) is 1. The molecule has 0 bridgehead atoms. The van der Waals surface area contributed by atoms with Crippen molar-refractivity contribution < 1.29 is 9.13 Å². The lowest BCUT2D eigenvalue weighted by Gasteiger charge is -2.24. The van der Waals surface area contributed by atoms with E-state index in [2.05, 4.69) is 19.2 Å². The van der Waals surface area contributed by atoms with E-state index in [1.54, 1.807) is 18.9 Å². The highest BCUT2D eigenvalue weighted by Crippen LogP contribution is 2.37. The first-order valence-corrected chi connectivity index (χ1v) is 7.50.